The minimum atomic E-state index is -1.76. The van der Waals surface area contributed by atoms with Crippen molar-refractivity contribution in [2.24, 2.45) is 40.5 Å². The number of phenolic OH excluding ortho intramolecular Hbond substituents is 1. The van der Waals surface area contributed by atoms with E-state index >= 15 is 0 Å². The van der Waals surface area contributed by atoms with Gasteiger partial charge in [-0.15, -0.1) is 0 Å². The molecule has 1 fully saturated rings. The topological polar surface area (TPSA) is 478 Å². The summed E-state index contributed by atoms with van der Waals surface area (Å²) in [6, 6.07) is -6.19. The summed E-state index contributed by atoms with van der Waals surface area (Å²) in [4.78, 5) is 149. The van der Waals surface area contributed by atoms with Crippen LogP contribution in [0.5, 0.6) is 5.75 Å². The molecule has 1 aromatic carbocycles. The Balaban J connectivity index is 2.34. The summed E-state index contributed by atoms with van der Waals surface area (Å²) in [5.74, 6) is -11.0. The zero-order chi connectivity index (χ0) is 60.1. The Kier molecular flexibility index (Phi) is 31.3. The summed E-state index contributed by atoms with van der Waals surface area (Å²) in [5.41, 5.74) is 29.0. The lowest BCUT2D eigenvalue weighted by atomic mass is 9.99. The molecule has 1 aromatic rings. The number of carboxylic acids is 1. The second-order valence-corrected chi connectivity index (χ2v) is 20.6. The molecule has 0 spiro atoms. The molecule has 450 valence electrons. The van der Waals surface area contributed by atoms with Gasteiger partial charge in [-0.05, 0) is 120 Å². The predicted octanol–water partition coefficient (Wildman–Crippen LogP) is -4.20. The molecule has 0 radical (unpaired) electrons. The van der Waals surface area contributed by atoms with Crippen LogP contribution in [0.4, 0.5) is 0 Å². The van der Waals surface area contributed by atoms with Gasteiger partial charge < -0.3 is 91.4 Å². The maximum atomic E-state index is 14.1. The SMILES string of the molecule is CC(C)[C@H](NC(=O)[C@H](CCC(N)=O)NC(=O)[C@@H](NC(=O)[C@H](CCCCN)NC(=O)[C@@H]1CCCN1C(=O)[C@@H](N)CCCCN)C(C)C)C(=O)N[C@@H](CO)C(=O)N[C@@H](Cc1ccc(O)cc1)C(=O)N[C@@H](CCCCN)C(=O)NCC(=O)O. The average Bonchev–Trinajstić information content (AvgIpc) is 3.91. The normalized spacial score (nSPS) is 16.1. The van der Waals surface area contributed by atoms with Gasteiger partial charge in [0.1, 0.15) is 60.6 Å². The Labute approximate surface area is 466 Å². The van der Waals surface area contributed by atoms with Crippen molar-refractivity contribution >= 4 is 65.0 Å². The molecule has 0 unspecified atom stereocenters. The third kappa shape index (κ3) is 24.2. The Morgan fingerprint density at radius 2 is 1.04 bits per heavy atom. The van der Waals surface area contributed by atoms with Crippen LogP contribution in [0.2, 0.25) is 0 Å². The largest absolute Gasteiger partial charge is 0.508 e. The Bertz CT molecular complexity index is 2220. The number of aliphatic hydroxyl groups excluding tert-OH is 1. The van der Waals surface area contributed by atoms with Gasteiger partial charge in [-0.2, -0.15) is 0 Å². The van der Waals surface area contributed by atoms with E-state index in [0.717, 1.165) is 0 Å². The summed E-state index contributed by atoms with van der Waals surface area (Å²) >= 11 is 0. The number of carbonyl (C=O) groups excluding carboxylic acids is 10. The first-order valence-corrected chi connectivity index (χ1v) is 27.3. The van der Waals surface area contributed by atoms with E-state index in [0.29, 0.717) is 83.0 Å². The number of hydrogen-bond donors (Lipinski definition) is 16. The first-order valence-electron chi connectivity index (χ1n) is 27.3. The molecule has 1 aliphatic heterocycles. The molecular formula is C52H88N14O14. The van der Waals surface area contributed by atoms with E-state index in [9.17, 15) is 63.0 Å². The van der Waals surface area contributed by atoms with Crippen molar-refractivity contribution in [3.63, 3.8) is 0 Å². The number of aliphatic carboxylic acids is 1. The number of carbonyl (C=O) groups is 11. The number of phenols is 1. The number of nitrogens with zero attached hydrogens (tertiary/aromatic N) is 1. The van der Waals surface area contributed by atoms with Gasteiger partial charge in [0.25, 0.3) is 0 Å². The van der Waals surface area contributed by atoms with E-state index in [1.807, 2.05) is 0 Å². The number of benzene rings is 1. The number of amides is 10. The molecule has 1 saturated heterocycles. The minimum Gasteiger partial charge on any atom is -0.508 e. The molecule has 1 aliphatic rings. The summed E-state index contributed by atoms with van der Waals surface area (Å²) in [6.07, 6.45) is 3.42. The number of hydrogen-bond acceptors (Lipinski definition) is 17. The molecule has 80 heavy (non-hydrogen) atoms. The van der Waals surface area contributed by atoms with E-state index in [1.54, 1.807) is 27.7 Å². The molecule has 9 atom stereocenters. The highest BCUT2D eigenvalue weighted by Crippen LogP contribution is 2.21. The van der Waals surface area contributed by atoms with Crippen molar-refractivity contribution in [2.45, 2.75) is 172 Å². The maximum absolute atomic E-state index is 14.1. The Morgan fingerprint density at radius 3 is 1.52 bits per heavy atom. The first-order chi connectivity index (χ1) is 37.9. The molecule has 28 nitrogen and oxygen atoms in total. The van der Waals surface area contributed by atoms with Gasteiger partial charge in [-0.25, -0.2) is 0 Å². The van der Waals surface area contributed by atoms with Crippen molar-refractivity contribution in [2.75, 3.05) is 39.3 Å². The van der Waals surface area contributed by atoms with Crippen molar-refractivity contribution < 1.29 is 68.1 Å². The van der Waals surface area contributed by atoms with E-state index in [2.05, 4.69) is 42.5 Å². The minimum absolute atomic E-state index is 0.0459. The first kappa shape index (κ1) is 69.1. The number of aromatic hydroxyl groups is 1. The molecule has 2 rings (SSSR count). The zero-order valence-corrected chi connectivity index (χ0v) is 46.5. The lowest BCUT2D eigenvalue weighted by Gasteiger charge is -2.30. The van der Waals surface area contributed by atoms with E-state index in [4.69, 9.17) is 33.8 Å². The van der Waals surface area contributed by atoms with Gasteiger partial charge in [0.05, 0.1) is 12.6 Å². The van der Waals surface area contributed by atoms with Crippen molar-refractivity contribution in [1.29, 1.82) is 0 Å². The van der Waals surface area contributed by atoms with Crippen molar-refractivity contribution in [3.8, 4) is 5.75 Å². The predicted molar refractivity (Wildman–Crippen MR) is 293 cm³/mol. The molecule has 10 amide bonds. The van der Waals surface area contributed by atoms with E-state index in [1.165, 1.54) is 29.2 Å². The maximum Gasteiger partial charge on any atom is 0.322 e. The highest BCUT2D eigenvalue weighted by Gasteiger charge is 2.39. The van der Waals surface area contributed by atoms with Crippen LogP contribution < -0.4 is 71.2 Å². The number of likely N-dealkylation sites (tertiary alicyclic amines) is 1. The second-order valence-electron chi connectivity index (χ2n) is 20.6. The number of nitrogens with one attached hydrogen (secondary N) is 8. The monoisotopic (exact) mass is 1130 g/mol. The van der Waals surface area contributed by atoms with Crippen LogP contribution in [0.1, 0.15) is 117 Å². The number of carboxylic acid groups (broad SMARTS) is 1. The molecule has 0 saturated carbocycles. The highest BCUT2D eigenvalue weighted by atomic mass is 16.4. The molecule has 0 bridgehead atoms. The number of aliphatic hydroxyl groups is 1. The van der Waals surface area contributed by atoms with Crippen LogP contribution >= 0.6 is 0 Å². The summed E-state index contributed by atoms with van der Waals surface area (Å²) < 4.78 is 0. The highest BCUT2D eigenvalue weighted by molar-refractivity contribution is 5.99. The Morgan fingerprint density at radius 1 is 0.588 bits per heavy atom. The van der Waals surface area contributed by atoms with Crippen LogP contribution in [-0.2, 0) is 59.2 Å². The van der Waals surface area contributed by atoms with Crippen molar-refractivity contribution in [3.05, 3.63) is 29.8 Å². The van der Waals surface area contributed by atoms with Crippen LogP contribution in [0.15, 0.2) is 24.3 Å². The third-order valence-corrected chi connectivity index (χ3v) is 13.3. The molecular weight excluding hydrogens is 1040 g/mol. The quantitative estimate of drug-likeness (QED) is 0.0279. The van der Waals surface area contributed by atoms with Crippen LogP contribution in [-0.4, -0.2) is 179 Å². The van der Waals surface area contributed by atoms with Crippen molar-refractivity contribution in [1.82, 2.24) is 47.4 Å². The van der Waals surface area contributed by atoms with Gasteiger partial charge in [-0.1, -0.05) is 46.2 Å². The number of rotatable bonds is 38. The van der Waals surface area contributed by atoms with Crippen LogP contribution in [0.3, 0.4) is 0 Å². The van der Waals surface area contributed by atoms with Gasteiger partial charge in [-0.3, -0.25) is 52.7 Å². The number of primary amides is 1. The summed E-state index contributed by atoms with van der Waals surface area (Å²) in [6.45, 7) is 5.84. The van der Waals surface area contributed by atoms with Gasteiger partial charge in [0, 0.05) is 19.4 Å². The number of unbranched alkanes of at least 4 members (excludes halogenated alkanes) is 3. The number of nitrogens with two attached hydrogens (primary N) is 5. The molecule has 0 aliphatic carbocycles. The van der Waals surface area contributed by atoms with Gasteiger partial charge >= 0.3 is 5.97 Å². The smallest absolute Gasteiger partial charge is 0.322 e. The second kappa shape index (κ2) is 36.3. The van der Waals surface area contributed by atoms with E-state index < -0.39 is 151 Å². The van der Waals surface area contributed by atoms with Gasteiger partial charge in [0.2, 0.25) is 59.1 Å². The zero-order valence-electron chi connectivity index (χ0n) is 46.5. The summed E-state index contributed by atoms with van der Waals surface area (Å²) in [5, 5.41) is 49.5. The molecule has 28 heteroatoms. The standard InChI is InChI=1S/C52H88N14O14/c1-29(2)42(64-45(73)35(14-7-10-24-55)60-49(77)39-15-11-25-66(39)52(80)33(56)12-5-8-22-53)50(78)61-36(20-21-40(57)69)46(74)65-43(30(3)4)51(79)63-38(28-67)48(76)62-37(26-31-16-18-32(68)19-17-31)47(75)59-34(13-6-9-23-54)44(72)58-27-41(70)71/h16-19,29-30,33-39,42-43,67-68H,5-15,20-28,53-56H2,1-4H3,(H2,57,69)(H,58,72)(H,59,75)(H,60,77)(H,61,78)(H,62,76)(H,63,79)(H,64,73)(H,65,74)(H,70,71)/t33-,34-,35-,36-,37-,38-,39-,42-,43-/m0/s1. The van der Waals surface area contributed by atoms with Crippen LogP contribution in [0.25, 0.3) is 0 Å². The molecule has 21 N–H and O–H groups in total. The fourth-order valence-electron chi connectivity index (χ4n) is 8.70. The molecule has 1 heterocycles. The lowest BCUT2D eigenvalue weighted by Crippen LogP contribution is -2.62. The van der Waals surface area contributed by atoms with E-state index in [-0.39, 0.29) is 38.0 Å². The fraction of sp³-hybridized carbons (Fsp3) is 0.673. The van der Waals surface area contributed by atoms with Crippen LogP contribution in [0, 0.1) is 11.8 Å². The average molecular weight is 1130 g/mol. The third-order valence-electron chi connectivity index (χ3n) is 13.3. The summed E-state index contributed by atoms with van der Waals surface area (Å²) in [7, 11) is 0. The fourth-order valence-corrected chi connectivity index (χ4v) is 8.70. The Hall–Kier alpha value is -7.01. The van der Waals surface area contributed by atoms with Gasteiger partial charge in [0.15, 0.2) is 0 Å². The molecule has 0 aromatic heterocycles. The lowest BCUT2D eigenvalue weighted by molar-refractivity contribution is -0.140.